The standard InChI is InChI=1S/C11H14FN5O/c1-13-6-8(11-14-16-17-15-11)7-3-4-10(18-2)9(12)5-7/h3-5,8,13H,6H2,1-2H3,(H,14,15,16,17). The molecule has 0 spiro atoms. The SMILES string of the molecule is CNCC(c1ccc(OC)c(F)c1)c1nn[nH]n1. The molecule has 0 radical (unpaired) electrons. The molecule has 1 heterocycles. The van der Waals surface area contributed by atoms with E-state index in [1.165, 1.54) is 13.2 Å². The van der Waals surface area contributed by atoms with Crippen LogP contribution in [0.5, 0.6) is 5.75 Å². The van der Waals surface area contributed by atoms with Gasteiger partial charge in [0, 0.05) is 6.54 Å². The number of aromatic nitrogens is 4. The molecule has 2 N–H and O–H groups in total. The summed E-state index contributed by atoms with van der Waals surface area (Å²) in [5, 5.41) is 16.8. The molecule has 1 atom stereocenters. The minimum absolute atomic E-state index is 0.158. The molecule has 0 aliphatic rings. The Labute approximate surface area is 104 Å². The van der Waals surface area contributed by atoms with Gasteiger partial charge in [0.25, 0.3) is 0 Å². The van der Waals surface area contributed by atoms with E-state index in [4.69, 9.17) is 4.74 Å². The largest absolute Gasteiger partial charge is 0.494 e. The predicted octanol–water partition coefficient (Wildman–Crippen LogP) is 0.699. The normalized spacial score (nSPS) is 12.4. The number of hydrogen-bond donors (Lipinski definition) is 2. The number of benzene rings is 1. The van der Waals surface area contributed by atoms with Crippen molar-refractivity contribution in [3.05, 3.63) is 35.4 Å². The van der Waals surface area contributed by atoms with Crippen LogP contribution >= 0.6 is 0 Å². The first-order chi connectivity index (χ1) is 8.76. The van der Waals surface area contributed by atoms with Crippen LogP contribution in [0.2, 0.25) is 0 Å². The molecule has 1 unspecified atom stereocenters. The van der Waals surface area contributed by atoms with Crippen molar-refractivity contribution >= 4 is 0 Å². The zero-order chi connectivity index (χ0) is 13.0. The quantitative estimate of drug-likeness (QED) is 0.818. The van der Waals surface area contributed by atoms with E-state index in [1.54, 1.807) is 12.1 Å². The van der Waals surface area contributed by atoms with Gasteiger partial charge in [0.1, 0.15) is 0 Å². The van der Waals surface area contributed by atoms with Gasteiger partial charge < -0.3 is 10.1 Å². The number of tetrazole rings is 1. The average molecular weight is 251 g/mol. The summed E-state index contributed by atoms with van der Waals surface area (Å²) in [6, 6.07) is 4.81. The summed E-state index contributed by atoms with van der Waals surface area (Å²) in [5.41, 5.74) is 0.768. The van der Waals surface area contributed by atoms with E-state index in [0.29, 0.717) is 12.4 Å². The number of nitrogens with one attached hydrogen (secondary N) is 2. The van der Waals surface area contributed by atoms with Crippen LogP contribution in [-0.2, 0) is 0 Å². The van der Waals surface area contributed by atoms with E-state index in [2.05, 4.69) is 25.9 Å². The van der Waals surface area contributed by atoms with Crippen LogP contribution in [0.15, 0.2) is 18.2 Å². The first kappa shape index (κ1) is 12.4. The summed E-state index contributed by atoms with van der Waals surface area (Å²) >= 11 is 0. The number of halogens is 1. The fourth-order valence-electron chi connectivity index (χ4n) is 1.78. The number of likely N-dealkylation sites (N-methyl/N-ethyl adjacent to an activating group) is 1. The molecule has 0 saturated carbocycles. The molecular formula is C11H14FN5O. The van der Waals surface area contributed by atoms with Crippen LogP contribution in [0, 0.1) is 5.82 Å². The lowest BCUT2D eigenvalue weighted by molar-refractivity contribution is 0.386. The van der Waals surface area contributed by atoms with Crippen molar-refractivity contribution in [1.29, 1.82) is 0 Å². The molecule has 6 nitrogen and oxygen atoms in total. The predicted molar refractivity (Wildman–Crippen MR) is 62.9 cm³/mol. The van der Waals surface area contributed by atoms with Crippen molar-refractivity contribution in [3.8, 4) is 5.75 Å². The molecule has 18 heavy (non-hydrogen) atoms. The molecular weight excluding hydrogens is 237 g/mol. The van der Waals surface area contributed by atoms with Crippen LogP contribution < -0.4 is 10.1 Å². The van der Waals surface area contributed by atoms with Gasteiger partial charge in [-0.15, -0.1) is 10.2 Å². The molecule has 0 bridgehead atoms. The maximum absolute atomic E-state index is 13.7. The van der Waals surface area contributed by atoms with Crippen molar-refractivity contribution in [2.75, 3.05) is 20.7 Å². The molecule has 0 amide bonds. The Hall–Kier alpha value is -2.02. The minimum atomic E-state index is -0.403. The summed E-state index contributed by atoms with van der Waals surface area (Å²) in [5.74, 6) is 0.178. The second-order valence-corrected chi connectivity index (χ2v) is 3.77. The highest BCUT2D eigenvalue weighted by molar-refractivity contribution is 5.33. The minimum Gasteiger partial charge on any atom is -0.494 e. The lowest BCUT2D eigenvalue weighted by Crippen LogP contribution is -2.19. The van der Waals surface area contributed by atoms with E-state index in [-0.39, 0.29) is 11.7 Å². The number of H-pyrrole nitrogens is 1. The molecule has 0 fully saturated rings. The first-order valence-corrected chi connectivity index (χ1v) is 5.47. The van der Waals surface area contributed by atoms with E-state index >= 15 is 0 Å². The molecule has 2 rings (SSSR count). The van der Waals surface area contributed by atoms with Gasteiger partial charge in [-0.05, 0) is 24.7 Å². The van der Waals surface area contributed by atoms with Gasteiger partial charge in [0.15, 0.2) is 17.4 Å². The van der Waals surface area contributed by atoms with E-state index in [0.717, 1.165) is 5.56 Å². The Morgan fingerprint density at radius 2 is 2.33 bits per heavy atom. The monoisotopic (exact) mass is 251 g/mol. The van der Waals surface area contributed by atoms with Crippen LogP contribution in [-0.4, -0.2) is 41.3 Å². The number of ether oxygens (including phenoxy) is 1. The Morgan fingerprint density at radius 3 is 2.89 bits per heavy atom. The molecule has 0 aliphatic heterocycles. The Morgan fingerprint density at radius 1 is 1.50 bits per heavy atom. The molecule has 7 heteroatoms. The summed E-state index contributed by atoms with van der Waals surface area (Å²) < 4.78 is 18.6. The molecule has 0 saturated heterocycles. The fraction of sp³-hybridized carbons (Fsp3) is 0.364. The number of nitrogens with zero attached hydrogens (tertiary/aromatic N) is 3. The number of hydrogen-bond acceptors (Lipinski definition) is 5. The van der Waals surface area contributed by atoms with Gasteiger partial charge in [0.05, 0.1) is 13.0 Å². The Bertz CT molecular complexity index is 502. The molecule has 1 aromatic heterocycles. The number of methoxy groups -OCH3 is 1. The third kappa shape index (κ3) is 2.45. The molecule has 96 valence electrons. The summed E-state index contributed by atoms with van der Waals surface area (Å²) in [7, 11) is 3.25. The van der Waals surface area contributed by atoms with Crippen LogP contribution in [0.1, 0.15) is 17.3 Å². The van der Waals surface area contributed by atoms with Gasteiger partial charge in [-0.3, -0.25) is 0 Å². The topological polar surface area (TPSA) is 75.7 Å². The van der Waals surface area contributed by atoms with Crippen molar-refractivity contribution < 1.29 is 9.13 Å². The zero-order valence-corrected chi connectivity index (χ0v) is 10.1. The van der Waals surface area contributed by atoms with E-state index < -0.39 is 5.82 Å². The highest BCUT2D eigenvalue weighted by atomic mass is 19.1. The zero-order valence-electron chi connectivity index (χ0n) is 10.1. The molecule has 1 aromatic carbocycles. The van der Waals surface area contributed by atoms with Crippen LogP contribution in [0.3, 0.4) is 0 Å². The fourth-order valence-corrected chi connectivity index (χ4v) is 1.78. The van der Waals surface area contributed by atoms with Gasteiger partial charge in [-0.25, -0.2) is 4.39 Å². The van der Waals surface area contributed by atoms with Gasteiger partial charge in [-0.2, -0.15) is 5.21 Å². The molecule has 0 aliphatic carbocycles. The third-order valence-electron chi connectivity index (χ3n) is 2.66. The summed E-state index contributed by atoms with van der Waals surface area (Å²) in [4.78, 5) is 0. The highest BCUT2D eigenvalue weighted by Crippen LogP contribution is 2.25. The summed E-state index contributed by atoms with van der Waals surface area (Å²) in [6.07, 6.45) is 0. The van der Waals surface area contributed by atoms with E-state index in [9.17, 15) is 4.39 Å². The van der Waals surface area contributed by atoms with Crippen LogP contribution in [0.25, 0.3) is 0 Å². The maximum Gasteiger partial charge on any atom is 0.183 e. The second kappa shape index (κ2) is 5.54. The van der Waals surface area contributed by atoms with Crippen molar-refractivity contribution in [3.63, 3.8) is 0 Å². The van der Waals surface area contributed by atoms with Crippen LogP contribution in [0.4, 0.5) is 4.39 Å². The van der Waals surface area contributed by atoms with Gasteiger partial charge in [-0.1, -0.05) is 11.3 Å². The van der Waals surface area contributed by atoms with Crippen molar-refractivity contribution in [1.82, 2.24) is 25.9 Å². The van der Waals surface area contributed by atoms with Crippen molar-refractivity contribution in [2.45, 2.75) is 5.92 Å². The molecule has 2 aromatic rings. The maximum atomic E-state index is 13.7. The number of aromatic amines is 1. The summed E-state index contributed by atoms with van der Waals surface area (Å²) in [6.45, 7) is 0.589. The van der Waals surface area contributed by atoms with Gasteiger partial charge in [0.2, 0.25) is 0 Å². The smallest absolute Gasteiger partial charge is 0.183 e. The Kier molecular flexibility index (Phi) is 3.83. The highest BCUT2D eigenvalue weighted by Gasteiger charge is 2.19. The lowest BCUT2D eigenvalue weighted by Gasteiger charge is -2.14. The third-order valence-corrected chi connectivity index (χ3v) is 2.66. The average Bonchev–Trinajstić information content (AvgIpc) is 2.89. The Balaban J connectivity index is 2.34. The second-order valence-electron chi connectivity index (χ2n) is 3.77. The number of rotatable bonds is 5. The first-order valence-electron chi connectivity index (χ1n) is 5.47. The van der Waals surface area contributed by atoms with Gasteiger partial charge >= 0.3 is 0 Å². The lowest BCUT2D eigenvalue weighted by atomic mass is 9.98. The van der Waals surface area contributed by atoms with Crippen molar-refractivity contribution in [2.24, 2.45) is 0 Å². The van der Waals surface area contributed by atoms with E-state index in [1.807, 2.05) is 7.05 Å².